The van der Waals surface area contributed by atoms with Crippen LogP contribution in [-0.4, -0.2) is 57.3 Å². The predicted molar refractivity (Wildman–Crippen MR) is 97.5 cm³/mol. The van der Waals surface area contributed by atoms with Crippen molar-refractivity contribution in [2.45, 2.75) is 52.0 Å². The summed E-state index contributed by atoms with van der Waals surface area (Å²) < 4.78 is 1.35. The lowest BCUT2D eigenvalue weighted by atomic mass is 9.73. The highest BCUT2D eigenvalue weighted by atomic mass is 16.2. The van der Waals surface area contributed by atoms with Gasteiger partial charge >= 0.3 is 5.69 Å². The average molecular weight is 360 g/mol. The van der Waals surface area contributed by atoms with Crippen molar-refractivity contribution in [2.75, 3.05) is 26.2 Å². The van der Waals surface area contributed by atoms with E-state index in [2.05, 4.69) is 11.9 Å². The Hall–Kier alpha value is -2.18. The SMILES string of the molecule is CCCCN1C[C@]2(CCCN(C(=O)Cn3cccnc3=O)C2)CCC1=O. The minimum Gasteiger partial charge on any atom is -0.342 e. The van der Waals surface area contributed by atoms with Crippen molar-refractivity contribution in [2.24, 2.45) is 5.41 Å². The molecule has 3 heterocycles. The Bertz CT molecular complexity index is 717. The van der Waals surface area contributed by atoms with Gasteiger partial charge in [0.05, 0.1) is 0 Å². The van der Waals surface area contributed by atoms with Crippen molar-refractivity contribution in [1.82, 2.24) is 19.4 Å². The molecule has 1 atom stereocenters. The number of piperidine rings is 2. The summed E-state index contributed by atoms with van der Waals surface area (Å²) in [6.07, 6.45) is 8.55. The van der Waals surface area contributed by atoms with Gasteiger partial charge in [-0.2, -0.15) is 0 Å². The van der Waals surface area contributed by atoms with Crippen LogP contribution in [0, 0.1) is 5.41 Å². The van der Waals surface area contributed by atoms with E-state index in [4.69, 9.17) is 0 Å². The van der Waals surface area contributed by atoms with Gasteiger partial charge in [0.2, 0.25) is 11.8 Å². The average Bonchev–Trinajstić information content (AvgIpc) is 2.65. The monoisotopic (exact) mass is 360 g/mol. The molecule has 0 unspecified atom stereocenters. The standard InChI is InChI=1S/C19H28N4O3/c1-2-3-10-22-14-19(8-6-16(22)24)7-4-11-23(15-19)17(25)13-21-12-5-9-20-18(21)26/h5,9,12H,2-4,6-8,10-11,13-15H2,1H3/t19-/m0/s1. The zero-order valence-electron chi connectivity index (χ0n) is 15.5. The Labute approximate surface area is 154 Å². The number of amides is 2. The number of unbranched alkanes of at least 4 members (excludes halogenated alkanes) is 1. The second kappa shape index (κ2) is 8.01. The fraction of sp³-hybridized carbons (Fsp3) is 0.684. The van der Waals surface area contributed by atoms with Crippen molar-refractivity contribution >= 4 is 11.8 Å². The first-order valence-corrected chi connectivity index (χ1v) is 9.60. The third-order valence-electron chi connectivity index (χ3n) is 5.63. The molecule has 0 aromatic carbocycles. The molecule has 2 fully saturated rings. The summed E-state index contributed by atoms with van der Waals surface area (Å²) in [5.74, 6) is 0.200. The van der Waals surface area contributed by atoms with Crippen LogP contribution in [0.15, 0.2) is 23.3 Å². The summed E-state index contributed by atoms with van der Waals surface area (Å²) in [7, 11) is 0. The first-order valence-electron chi connectivity index (χ1n) is 9.60. The smallest absolute Gasteiger partial charge is 0.342 e. The maximum absolute atomic E-state index is 12.7. The van der Waals surface area contributed by atoms with Gasteiger partial charge in [-0.25, -0.2) is 9.78 Å². The highest BCUT2D eigenvalue weighted by Crippen LogP contribution is 2.39. The highest BCUT2D eigenvalue weighted by Gasteiger charge is 2.42. The predicted octanol–water partition coefficient (Wildman–Crippen LogP) is 1.27. The lowest BCUT2D eigenvalue weighted by molar-refractivity contribution is -0.143. The summed E-state index contributed by atoms with van der Waals surface area (Å²) in [4.78, 5) is 44.3. The summed E-state index contributed by atoms with van der Waals surface area (Å²) >= 11 is 0. The molecule has 3 rings (SSSR count). The van der Waals surface area contributed by atoms with Gasteiger partial charge in [-0.3, -0.25) is 14.2 Å². The van der Waals surface area contributed by atoms with E-state index in [1.54, 1.807) is 12.3 Å². The molecule has 7 heteroatoms. The van der Waals surface area contributed by atoms with Crippen LogP contribution in [0.25, 0.3) is 0 Å². The van der Waals surface area contributed by atoms with E-state index in [1.807, 2.05) is 9.80 Å². The Morgan fingerprint density at radius 2 is 2.12 bits per heavy atom. The van der Waals surface area contributed by atoms with Gasteiger partial charge in [0.15, 0.2) is 0 Å². The van der Waals surface area contributed by atoms with Crippen molar-refractivity contribution in [3.63, 3.8) is 0 Å². The molecular weight excluding hydrogens is 332 g/mol. The van der Waals surface area contributed by atoms with Crippen molar-refractivity contribution in [3.05, 3.63) is 28.9 Å². The molecule has 0 radical (unpaired) electrons. The van der Waals surface area contributed by atoms with Crippen LogP contribution in [0.3, 0.4) is 0 Å². The van der Waals surface area contributed by atoms with Gasteiger partial charge < -0.3 is 9.80 Å². The number of nitrogens with zero attached hydrogens (tertiary/aromatic N) is 4. The molecule has 7 nitrogen and oxygen atoms in total. The summed E-state index contributed by atoms with van der Waals surface area (Å²) in [5, 5.41) is 0. The Balaban J connectivity index is 1.66. The molecule has 0 aliphatic carbocycles. The van der Waals surface area contributed by atoms with E-state index < -0.39 is 5.69 Å². The number of aromatic nitrogens is 2. The van der Waals surface area contributed by atoms with Crippen LogP contribution in [-0.2, 0) is 16.1 Å². The Morgan fingerprint density at radius 3 is 2.88 bits per heavy atom. The van der Waals surface area contributed by atoms with E-state index in [9.17, 15) is 14.4 Å². The molecule has 0 saturated carbocycles. The van der Waals surface area contributed by atoms with E-state index in [-0.39, 0.29) is 23.8 Å². The second-order valence-electron chi connectivity index (χ2n) is 7.62. The van der Waals surface area contributed by atoms with Gasteiger partial charge in [-0.05, 0) is 31.7 Å². The first-order chi connectivity index (χ1) is 12.5. The molecule has 142 valence electrons. The molecular formula is C19H28N4O3. The number of rotatable bonds is 5. The zero-order valence-corrected chi connectivity index (χ0v) is 15.5. The lowest BCUT2D eigenvalue weighted by Crippen LogP contribution is -2.55. The van der Waals surface area contributed by atoms with Gasteiger partial charge in [-0.1, -0.05) is 13.3 Å². The maximum atomic E-state index is 12.7. The number of carbonyl (C=O) groups excluding carboxylic acids is 2. The van der Waals surface area contributed by atoms with Crippen LogP contribution < -0.4 is 5.69 Å². The highest BCUT2D eigenvalue weighted by molar-refractivity contribution is 5.78. The number of likely N-dealkylation sites (tertiary alicyclic amines) is 2. The molecule has 1 spiro atoms. The van der Waals surface area contributed by atoms with Gasteiger partial charge in [0, 0.05) is 50.4 Å². The lowest BCUT2D eigenvalue weighted by Gasteiger charge is -2.48. The fourth-order valence-corrected chi connectivity index (χ4v) is 4.16. The minimum atomic E-state index is -0.401. The van der Waals surface area contributed by atoms with Crippen LogP contribution in [0.4, 0.5) is 0 Å². The quantitative estimate of drug-likeness (QED) is 0.793. The largest absolute Gasteiger partial charge is 0.347 e. The van der Waals surface area contributed by atoms with Crippen LogP contribution in [0.2, 0.25) is 0 Å². The van der Waals surface area contributed by atoms with Crippen LogP contribution in [0.1, 0.15) is 45.4 Å². The molecule has 2 amide bonds. The summed E-state index contributed by atoms with van der Waals surface area (Å²) in [6.45, 7) is 5.13. The zero-order chi connectivity index (χ0) is 18.6. The summed E-state index contributed by atoms with van der Waals surface area (Å²) in [5.41, 5.74) is -0.392. The van der Waals surface area contributed by atoms with Crippen molar-refractivity contribution in [1.29, 1.82) is 0 Å². The fourth-order valence-electron chi connectivity index (χ4n) is 4.16. The molecule has 1 aromatic heterocycles. The van der Waals surface area contributed by atoms with E-state index >= 15 is 0 Å². The van der Waals surface area contributed by atoms with E-state index in [0.717, 1.165) is 51.7 Å². The number of hydrogen-bond donors (Lipinski definition) is 0. The van der Waals surface area contributed by atoms with E-state index in [0.29, 0.717) is 13.0 Å². The van der Waals surface area contributed by atoms with Gasteiger partial charge in [0.25, 0.3) is 0 Å². The third-order valence-corrected chi connectivity index (χ3v) is 5.63. The molecule has 1 aromatic rings. The molecule has 2 saturated heterocycles. The van der Waals surface area contributed by atoms with Gasteiger partial charge in [0.1, 0.15) is 6.54 Å². The Kier molecular flexibility index (Phi) is 5.74. The topological polar surface area (TPSA) is 75.5 Å². The Morgan fingerprint density at radius 1 is 1.27 bits per heavy atom. The van der Waals surface area contributed by atoms with Crippen LogP contribution in [0.5, 0.6) is 0 Å². The second-order valence-corrected chi connectivity index (χ2v) is 7.62. The molecule has 0 bridgehead atoms. The van der Waals surface area contributed by atoms with Gasteiger partial charge in [-0.15, -0.1) is 0 Å². The van der Waals surface area contributed by atoms with Crippen LogP contribution >= 0.6 is 0 Å². The molecule has 2 aliphatic rings. The van der Waals surface area contributed by atoms with E-state index in [1.165, 1.54) is 10.8 Å². The third kappa shape index (κ3) is 4.14. The number of hydrogen-bond acceptors (Lipinski definition) is 4. The summed E-state index contributed by atoms with van der Waals surface area (Å²) in [6, 6.07) is 1.66. The minimum absolute atomic E-state index is 0.00939. The first kappa shape index (κ1) is 18.6. The van der Waals surface area contributed by atoms with Crippen molar-refractivity contribution < 1.29 is 9.59 Å². The normalized spacial score (nSPS) is 23.5. The molecule has 0 N–H and O–H groups in total. The number of carbonyl (C=O) groups is 2. The maximum Gasteiger partial charge on any atom is 0.347 e. The van der Waals surface area contributed by atoms with Crippen molar-refractivity contribution in [3.8, 4) is 0 Å². The molecule has 26 heavy (non-hydrogen) atoms. The molecule has 2 aliphatic heterocycles.